The van der Waals surface area contributed by atoms with Crippen LogP contribution in [0.4, 0.5) is 0 Å². The van der Waals surface area contributed by atoms with Gasteiger partial charge in [0.15, 0.2) is 5.78 Å². The first kappa shape index (κ1) is 13.0. The van der Waals surface area contributed by atoms with Crippen molar-refractivity contribution in [2.75, 3.05) is 5.75 Å². The number of furan rings is 1. The van der Waals surface area contributed by atoms with E-state index in [4.69, 9.17) is 27.6 Å². The van der Waals surface area contributed by atoms with Gasteiger partial charge in [-0.3, -0.25) is 4.79 Å². The lowest BCUT2D eigenvalue weighted by Gasteiger charge is -1.98. The molecule has 2 aromatic rings. The Morgan fingerprint density at radius 2 is 2.29 bits per heavy atom. The van der Waals surface area contributed by atoms with Crippen LogP contribution in [-0.4, -0.2) is 11.5 Å². The predicted octanol–water partition coefficient (Wildman–Crippen LogP) is 4.76. The molecule has 90 valence electrons. The average molecular weight is 307 g/mol. The fourth-order valence-electron chi connectivity index (χ4n) is 1.25. The molecular formula is C11H8Cl2O2S2. The molecule has 0 aliphatic carbocycles. The Kier molecular flexibility index (Phi) is 4.56. The second-order valence-corrected chi connectivity index (χ2v) is 6.50. The minimum atomic E-state index is -0.00490. The van der Waals surface area contributed by atoms with E-state index in [1.807, 2.05) is 12.1 Å². The molecule has 0 saturated heterocycles. The third-order valence-electron chi connectivity index (χ3n) is 2.01. The molecule has 2 aromatic heterocycles. The van der Waals surface area contributed by atoms with E-state index in [0.717, 1.165) is 5.76 Å². The quantitative estimate of drug-likeness (QED) is 0.746. The molecule has 17 heavy (non-hydrogen) atoms. The van der Waals surface area contributed by atoms with Gasteiger partial charge in [0.25, 0.3) is 0 Å². The van der Waals surface area contributed by atoms with Crippen molar-refractivity contribution in [2.45, 2.75) is 5.75 Å². The zero-order valence-electron chi connectivity index (χ0n) is 8.61. The maximum atomic E-state index is 11.8. The van der Waals surface area contributed by atoms with Crippen molar-refractivity contribution >= 4 is 52.1 Å². The molecule has 6 heteroatoms. The molecule has 0 unspecified atom stereocenters. The van der Waals surface area contributed by atoms with E-state index in [-0.39, 0.29) is 5.78 Å². The summed E-state index contributed by atoms with van der Waals surface area (Å²) in [6.07, 6.45) is 1.62. The van der Waals surface area contributed by atoms with Gasteiger partial charge in [-0.05, 0) is 18.2 Å². The van der Waals surface area contributed by atoms with Gasteiger partial charge in [-0.2, -0.15) is 0 Å². The molecule has 0 aliphatic heterocycles. The zero-order valence-corrected chi connectivity index (χ0v) is 11.8. The Morgan fingerprint density at radius 1 is 1.47 bits per heavy atom. The van der Waals surface area contributed by atoms with Gasteiger partial charge >= 0.3 is 0 Å². The highest BCUT2D eigenvalue weighted by Crippen LogP contribution is 2.32. The molecule has 2 rings (SSSR count). The van der Waals surface area contributed by atoms with Crippen molar-refractivity contribution in [1.82, 2.24) is 0 Å². The monoisotopic (exact) mass is 306 g/mol. The third-order valence-corrected chi connectivity index (χ3v) is 4.46. The van der Waals surface area contributed by atoms with Crippen molar-refractivity contribution in [2.24, 2.45) is 0 Å². The fourth-order valence-corrected chi connectivity index (χ4v) is 3.55. The normalized spacial score (nSPS) is 10.7. The molecule has 0 saturated carbocycles. The lowest BCUT2D eigenvalue weighted by molar-refractivity contribution is 0.102. The summed E-state index contributed by atoms with van der Waals surface area (Å²) in [6, 6.07) is 5.32. The Hall–Kier alpha value is -0.420. The first-order valence-corrected chi connectivity index (χ1v) is 7.47. The summed E-state index contributed by atoms with van der Waals surface area (Å²) in [5, 5.41) is 0. The maximum Gasteiger partial charge on any atom is 0.175 e. The van der Waals surface area contributed by atoms with Gasteiger partial charge < -0.3 is 4.42 Å². The van der Waals surface area contributed by atoms with Crippen molar-refractivity contribution in [3.05, 3.63) is 44.5 Å². The SMILES string of the molecule is O=C(CSCc1ccco1)c1cc(Cl)sc1Cl. The first-order valence-electron chi connectivity index (χ1n) is 4.75. The number of hydrogen-bond donors (Lipinski definition) is 0. The minimum absolute atomic E-state index is 0.00490. The third kappa shape index (κ3) is 3.52. The summed E-state index contributed by atoms with van der Waals surface area (Å²) in [7, 11) is 0. The summed E-state index contributed by atoms with van der Waals surface area (Å²) < 4.78 is 6.17. The van der Waals surface area contributed by atoms with Gasteiger partial charge in [0, 0.05) is 5.56 Å². The standard InChI is InChI=1S/C11H8Cl2O2S2/c12-10-4-8(11(13)17-10)9(14)6-16-5-7-2-1-3-15-7/h1-4H,5-6H2. The highest BCUT2D eigenvalue weighted by molar-refractivity contribution is 7.99. The number of Topliss-reactive ketones (excluding diaryl/α,β-unsaturated/α-hetero) is 1. The van der Waals surface area contributed by atoms with Gasteiger partial charge in [-0.25, -0.2) is 0 Å². The van der Waals surface area contributed by atoms with Crippen molar-refractivity contribution in [1.29, 1.82) is 0 Å². The van der Waals surface area contributed by atoms with Crippen LogP contribution in [0.3, 0.4) is 0 Å². The molecule has 0 bridgehead atoms. The average Bonchev–Trinajstić information content (AvgIpc) is 2.88. The summed E-state index contributed by atoms with van der Waals surface area (Å²) in [5.41, 5.74) is 0.508. The smallest absolute Gasteiger partial charge is 0.175 e. The van der Waals surface area contributed by atoms with E-state index >= 15 is 0 Å². The zero-order chi connectivity index (χ0) is 12.3. The number of ketones is 1. The second kappa shape index (κ2) is 5.96. The molecule has 0 amide bonds. The van der Waals surface area contributed by atoms with Gasteiger partial charge in [0.05, 0.1) is 22.1 Å². The van der Waals surface area contributed by atoms with Gasteiger partial charge in [-0.1, -0.05) is 23.2 Å². The molecular weight excluding hydrogens is 299 g/mol. The molecule has 0 aromatic carbocycles. The van der Waals surface area contributed by atoms with Crippen LogP contribution in [0, 0.1) is 0 Å². The molecule has 0 spiro atoms. The largest absolute Gasteiger partial charge is 0.468 e. The highest BCUT2D eigenvalue weighted by Gasteiger charge is 2.14. The van der Waals surface area contributed by atoms with E-state index in [1.54, 1.807) is 12.3 Å². The molecule has 0 radical (unpaired) electrons. The Morgan fingerprint density at radius 3 is 2.88 bits per heavy atom. The van der Waals surface area contributed by atoms with E-state index in [9.17, 15) is 4.79 Å². The fraction of sp³-hybridized carbons (Fsp3) is 0.182. The van der Waals surface area contributed by atoms with Crippen molar-refractivity contribution in [3.8, 4) is 0 Å². The van der Waals surface area contributed by atoms with Crippen molar-refractivity contribution in [3.63, 3.8) is 0 Å². The summed E-state index contributed by atoms with van der Waals surface area (Å²) in [6.45, 7) is 0. The van der Waals surface area contributed by atoms with Gasteiger partial charge in [-0.15, -0.1) is 23.1 Å². The van der Waals surface area contributed by atoms with Crippen LogP contribution in [0.5, 0.6) is 0 Å². The summed E-state index contributed by atoms with van der Waals surface area (Å²) in [5.74, 6) is 1.90. The van der Waals surface area contributed by atoms with Crippen LogP contribution in [0.1, 0.15) is 16.1 Å². The van der Waals surface area contributed by atoms with Gasteiger partial charge in [0.2, 0.25) is 0 Å². The summed E-state index contributed by atoms with van der Waals surface area (Å²) in [4.78, 5) is 11.8. The Bertz CT molecular complexity index is 506. The number of thiophene rings is 1. The van der Waals surface area contributed by atoms with Crippen LogP contribution in [-0.2, 0) is 5.75 Å². The lowest BCUT2D eigenvalue weighted by Crippen LogP contribution is -2.01. The maximum absolute atomic E-state index is 11.8. The highest BCUT2D eigenvalue weighted by atomic mass is 35.5. The van der Waals surface area contributed by atoms with E-state index in [1.165, 1.54) is 23.1 Å². The van der Waals surface area contributed by atoms with Crippen LogP contribution < -0.4 is 0 Å². The minimum Gasteiger partial charge on any atom is -0.468 e. The van der Waals surface area contributed by atoms with Crippen LogP contribution in [0.2, 0.25) is 8.67 Å². The van der Waals surface area contributed by atoms with Gasteiger partial charge in [0.1, 0.15) is 10.1 Å². The van der Waals surface area contributed by atoms with E-state index in [2.05, 4.69) is 0 Å². The molecule has 2 heterocycles. The second-order valence-electron chi connectivity index (χ2n) is 3.23. The first-order chi connectivity index (χ1) is 8.16. The number of halogens is 2. The molecule has 0 fully saturated rings. The number of carbonyl (C=O) groups is 1. The Balaban J connectivity index is 1.87. The number of thioether (sulfide) groups is 1. The summed E-state index contributed by atoms with van der Waals surface area (Å²) >= 11 is 14.4. The molecule has 2 nitrogen and oxygen atoms in total. The van der Waals surface area contributed by atoms with E-state index < -0.39 is 0 Å². The number of carbonyl (C=O) groups excluding carboxylic acids is 1. The number of hydrogen-bond acceptors (Lipinski definition) is 4. The van der Waals surface area contributed by atoms with Crippen LogP contribution >= 0.6 is 46.3 Å². The van der Waals surface area contributed by atoms with Crippen LogP contribution in [0.25, 0.3) is 0 Å². The topological polar surface area (TPSA) is 30.2 Å². The molecule has 0 aliphatic rings. The van der Waals surface area contributed by atoms with Crippen LogP contribution in [0.15, 0.2) is 28.9 Å². The molecule has 0 N–H and O–H groups in total. The lowest BCUT2D eigenvalue weighted by atomic mass is 10.2. The molecule has 0 atom stereocenters. The Labute approximate surface area is 117 Å². The van der Waals surface area contributed by atoms with Crippen molar-refractivity contribution < 1.29 is 9.21 Å². The number of rotatable bonds is 5. The van der Waals surface area contributed by atoms with E-state index in [0.29, 0.717) is 25.7 Å². The predicted molar refractivity (Wildman–Crippen MR) is 73.5 cm³/mol.